The molecule has 2 aromatic rings. The summed E-state index contributed by atoms with van der Waals surface area (Å²) in [5.41, 5.74) is 0.779. The summed E-state index contributed by atoms with van der Waals surface area (Å²) in [6.07, 6.45) is 0.426. The van der Waals surface area contributed by atoms with Crippen LogP contribution in [-0.2, 0) is 9.59 Å². The smallest absolute Gasteiger partial charge is 0.234 e. The van der Waals surface area contributed by atoms with E-state index in [1.807, 2.05) is 45.0 Å². The Morgan fingerprint density at radius 3 is 2.42 bits per heavy atom. The maximum Gasteiger partial charge on any atom is 0.234 e. The number of hydrogen-bond acceptors (Lipinski definition) is 3. The Morgan fingerprint density at radius 1 is 1.00 bits per heavy atom. The van der Waals surface area contributed by atoms with Crippen molar-refractivity contribution in [3.05, 3.63) is 54.3 Å². The van der Waals surface area contributed by atoms with E-state index < -0.39 is 5.82 Å². The van der Waals surface area contributed by atoms with Crippen LogP contribution in [-0.4, -0.2) is 17.6 Å². The number of rotatable bonds is 6. The maximum absolute atomic E-state index is 13.5. The van der Waals surface area contributed by atoms with E-state index in [4.69, 9.17) is 0 Å². The van der Waals surface area contributed by atoms with Crippen LogP contribution in [0.25, 0.3) is 0 Å². The Balaban J connectivity index is 1.89. The van der Waals surface area contributed by atoms with Crippen molar-refractivity contribution in [3.63, 3.8) is 0 Å². The summed E-state index contributed by atoms with van der Waals surface area (Å²) in [5.74, 6) is -0.651. The lowest BCUT2D eigenvalue weighted by atomic mass is 9.92. The predicted molar refractivity (Wildman–Crippen MR) is 105 cm³/mol. The SMILES string of the molecule is CC(C)(C)CC(=O)Nc1cccc(SCC(=O)Nc2ccccc2F)c1. The summed E-state index contributed by atoms with van der Waals surface area (Å²) in [6, 6.07) is 13.4. The van der Waals surface area contributed by atoms with Gasteiger partial charge in [0.05, 0.1) is 11.4 Å². The summed E-state index contributed by atoms with van der Waals surface area (Å²) in [5, 5.41) is 5.42. The number of benzene rings is 2. The first-order valence-electron chi connectivity index (χ1n) is 8.30. The van der Waals surface area contributed by atoms with Crippen LogP contribution in [0.3, 0.4) is 0 Å². The molecule has 0 saturated heterocycles. The number of nitrogens with one attached hydrogen (secondary N) is 2. The van der Waals surface area contributed by atoms with Crippen molar-refractivity contribution >= 4 is 35.0 Å². The van der Waals surface area contributed by atoms with E-state index >= 15 is 0 Å². The Morgan fingerprint density at radius 2 is 1.73 bits per heavy atom. The molecule has 0 aliphatic carbocycles. The summed E-state index contributed by atoms with van der Waals surface area (Å²) in [4.78, 5) is 24.9. The lowest BCUT2D eigenvalue weighted by Crippen LogP contribution is -2.19. The van der Waals surface area contributed by atoms with Crippen molar-refractivity contribution in [1.29, 1.82) is 0 Å². The van der Waals surface area contributed by atoms with Crippen molar-refractivity contribution < 1.29 is 14.0 Å². The molecule has 0 heterocycles. The molecule has 0 radical (unpaired) electrons. The molecular weight excluding hydrogens is 351 g/mol. The number of thioether (sulfide) groups is 1. The van der Waals surface area contributed by atoms with E-state index in [9.17, 15) is 14.0 Å². The van der Waals surface area contributed by atoms with Crippen molar-refractivity contribution in [3.8, 4) is 0 Å². The highest BCUT2D eigenvalue weighted by atomic mass is 32.2. The summed E-state index contributed by atoms with van der Waals surface area (Å²) >= 11 is 1.32. The minimum absolute atomic E-state index is 0.0445. The Bertz CT molecular complexity index is 787. The Kier molecular flexibility index (Phi) is 6.80. The van der Waals surface area contributed by atoms with Crippen molar-refractivity contribution in [2.24, 2.45) is 5.41 Å². The monoisotopic (exact) mass is 374 g/mol. The molecule has 0 aliphatic heterocycles. The zero-order valence-electron chi connectivity index (χ0n) is 15.1. The van der Waals surface area contributed by atoms with E-state index in [2.05, 4.69) is 10.6 Å². The van der Waals surface area contributed by atoms with Gasteiger partial charge in [0.25, 0.3) is 0 Å². The van der Waals surface area contributed by atoms with Crippen LogP contribution in [0.2, 0.25) is 0 Å². The molecule has 0 atom stereocenters. The number of carbonyl (C=O) groups excluding carboxylic acids is 2. The number of para-hydroxylation sites is 1. The van der Waals surface area contributed by atoms with Crippen LogP contribution < -0.4 is 10.6 Å². The molecule has 2 amide bonds. The quantitative estimate of drug-likeness (QED) is 0.705. The number of carbonyl (C=O) groups is 2. The normalized spacial score (nSPS) is 11.1. The second-order valence-corrected chi connectivity index (χ2v) is 8.18. The van der Waals surface area contributed by atoms with Crippen LogP contribution >= 0.6 is 11.8 Å². The lowest BCUT2D eigenvalue weighted by molar-refractivity contribution is -0.118. The van der Waals surface area contributed by atoms with Gasteiger partial charge in [-0.3, -0.25) is 9.59 Å². The van der Waals surface area contributed by atoms with Gasteiger partial charge in [-0.1, -0.05) is 39.0 Å². The fourth-order valence-electron chi connectivity index (χ4n) is 2.25. The second kappa shape index (κ2) is 8.85. The molecule has 2 N–H and O–H groups in total. The summed E-state index contributed by atoms with van der Waals surface area (Å²) in [7, 11) is 0. The number of anilines is 2. The Labute approximate surface area is 157 Å². The topological polar surface area (TPSA) is 58.2 Å². The second-order valence-electron chi connectivity index (χ2n) is 7.13. The van der Waals surface area contributed by atoms with Crippen LogP contribution in [0, 0.1) is 11.2 Å². The molecule has 4 nitrogen and oxygen atoms in total. The van der Waals surface area contributed by atoms with E-state index in [1.165, 1.54) is 23.9 Å². The first-order valence-corrected chi connectivity index (χ1v) is 9.29. The highest BCUT2D eigenvalue weighted by Gasteiger charge is 2.16. The molecule has 0 saturated carbocycles. The molecule has 2 aromatic carbocycles. The van der Waals surface area contributed by atoms with E-state index in [-0.39, 0.29) is 28.7 Å². The third-order valence-electron chi connectivity index (χ3n) is 3.33. The van der Waals surface area contributed by atoms with Crippen LogP contribution in [0.1, 0.15) is 27.2 Å². The number of amides is 2. The number of halogens is 1. The molecule has 0 bridgehead atoms. The maximum atomic E-state index is 13.5. The molecule has 0 aliphatic rings. The molecule has 2 rings (SSSR count). The summed E-state index contributed by atoms with van der Waals surface area (Å²) in [6.45, 7) is 6.02. The fraction of sp³-hybridized carbons (Fsp3) is 0.300. The highest BCUT2D eigenvalue weighted by Crippen LogP contribution is 2.24. The largest absolute Gasteiger partial charge is 0.326 e. The minimum atomic E-state index is -0.464. The van der Waals surface area contributed by atoms with Gasteiger partial charge in [-0.25, -0.2) is 4.39 Å². The van der Waals surface area contributed by atoms with Crippen molar-refractivity contribution in [2.75, 3.05) is 16.4 Å². The van der Waals surface area contributed by atoms with Gasteiger partial charge in [0.2, 0.25) is 11.8 Å². The van der Waals surface area contributed by atoms with Crippen LogP contribution in [0.4, 0.5) is 15.8 Å². The first kappa shape index (κ1) is 20.0. The average Bonchev–Trinajstić information content (AvgIpc) is 2.54. The molecule has 26 heavy (non-hydrogen) atoms. The number of hydrogen-bond donors (Lipinski definition) is 2. The standard InChI is InChI=1S/C20H23FN2O2S/c1-20(2,3)12-18(24)22-14-7-6-8-15(11-14)26-13-19(25)23-17-10-5-4-9-16(17)21/h4-11H,12-13H2,1-3H3,(H,22,24)(H,23,25). The molecule has 138 valence electrons. The van der Waals surface area contributed by atoms with Gasteiger partial charge in [0.15, 0.2) is 0 Å². The first-order chi connectivity index (χ1) is 12.2. The third kappa shape index (κ3) is 6.88. The van der Waals surface area contributed by atoms with Gasteiger partial charge in [0.1, 0.15) is 5.82 Å². The van der Waals surface area contributed by atoms with Gasteiger partial charge in [-0.05, 0) is 35.7 Å². The van der Waals surface area contributed by atoms with E-state index in [0.717, 1.165) is 4.90 Å². The molecule has 0 fully saturated rings. The van der Waals surface area contributed by atoms with Gasteiger partial charge in [-0.15, -0.1) is 11.8 Å². The lowest BCUT2D eigenvalue weighted by Gasteiger charge is -2.17. The van der Waals surface area contributed by atoms with Crippen LogP contribution in [0.5, 0.6) is 0 Å². The zero-order valence-corrected chi connectivity index (χ0v) is 16.0. The van der Waals surface area contributed by atoms with Crippen molar-refractivity contribution in [1.82, 2.24) is 0 Å². The van der Waals surface area contributed by atoms with E-state index in [1.54, 1.807) is 12.1 Å². The molecule has 0 unspecified atom stereocenters. The Hall–Kier alpha value is -2.34. The molecule has 6 heteroatoms. The van der Waals surface area contributed by atoms with E-state index in [0.29, 0.717) is 12.1 Å². The summed E-state index contributed by atoms with van der Waals surface area (Å²) < 4.78 is 13.5. The zero-order chi connectivity index (χ0) is 19.2. The fourth-order valence-corrected chi connectivity index (χ4v) is 3.00. The average molecular weight is 374 g/mol. The molecule has 0 spiro atoms. The highest BCUT2D eigenvalue weighted by molar-refractivity contribution is 8.00. The predicted octanol–water partition coefficient (Wildman–Crippen LogP) is 4.93. The van der Waals surface area contributed by atoms with Gasteiger partial charge < -0.3 is 10.6 Å². The van der Waals surface area contributed by atoms with Gasteiger partial charge in [-0.2, -0.15) is 0 Å². The van der Waals surface area contributed by atoms with Crippen molar-refractivity contribution in [2.45, 2.75) is 32.1 Å². The van der Waals surface area contributed by atoms with Gasteiger partial charge in [0, 0.05) is 17.0 Å². The van der Waals surface area contributed by atoms with Gasteiger partial charge >= 0.3 is 0 Å². The third-order valence-corrected chi connectivity index (χ3v) is 4.32. The molecular formula is C20H23FN2O2S. The minimum Gasteiger partial charge on any atom is -0.326 e. The molecule has 0 aromatic heterocycles. The van der Waals surface area contributed by atoms with Crippen LogP contribution in [0.15, 0.2) is 53.4 Å².